The first-order chi connectivity index (χ1) is 11.1. The third-order valence-corrected chi connectivity index (χ3v) is 4.54. The molecule has 0 aromatic heterocycles. The molecule has 2 rings (SSSR count). The van der Waals surface area contributed by atoms with Crippen LogP contribution >= 0.6 is 11.6 Å². The van der Waals surface area contributed by atoms with Gasteiger partial charge in [-0.2, -0.15) is 0 Å². The monoisotopic (exact) mass is 353 g/mol. The molecule has 1 atom stereocenters. The summed E-state index contributed by atoms with van der Waals surface area (Å²) in [6.07, 6.45) is 0.955. The van der Waals surface area contributed by atoms with E-state index in [0.717, 1.165) is 5.56 Å². The van der Waals surface area contributed by atoms with Gasteiger partial charge in [-0.15, -0.1) is 0 Å². The maximum atomic E-state index is 12.3. The van der Waals surface area contributed by atoms with Gasteiger partial charge in [0.1, 0.15) is 5.60 Å². The summed E-state index contributed by atoms with van der Waals surface area (Å²) in [5.74, 6) is -0.907. The number of aliphatic carboxylic acids is 1. The van der Waals surface area contributed by atoms with Gasteiger partial charge in [0, 0.05) is 18.1 Å². The molecule has 1 amide bonds. The molecule has 0 spiro atoms. The summed E-state index contributed by atoms with van der Waals surface area (Å²) < 4.78 is 5.39. The summed E-state index contributed by atoms with van der Waals surface area (Å²) in [4.78, 5) is 25.9. The lowest BCUT2D eigenvalue weighted by Gasteiger charge is -2.40. The van der Waals surface area contributed by atoms with E-state index in [1.165, 1.54) is 4.90 Å². The maximum absolute atomic E-state index is 12.3. The third kappa shape index (κ3) is 4.41. The van der Waals surface area contributed by atoms with Crippen LogP contribution < -0.4 is 0 Å². The van der Waals surface area contributed by atoms with E-state index in [0.29, 0.717) is 30.8 Å². The van der Waals surface area contributed by atoms with Crippen LogP contribution in [0.2, 0.25) is 5.02 Å². The first-order valence-electron chi connectivity index (χ1n) is 8.08. The molecule has 0 radical (unpaired) electrons. The fraction of sp³-hybridized carbons (Fsp3) is 0.556. The van der Waals surface area contributed by atoms with Crippen LogP contribution in [0.25, 0.3) is 0 Å². The van der Waals surface area contributed by atoms with Gasteiger partial charge in [0.2, 0.25) is 0 Å². The molecule has 5 nitrogen and oxygen atoms in total. The van der Waals surface area contributed by atoms with E-state index in [1.807, 2.05) is 18.2 Å². The van der Waals surface area contributed by atoms with Gasteiger partial charge in [-0.1, -0.05) is 29.8 Å². The van der Waals surface area contributed by atoms with Crippen LogP contribution in [-0.2, 0) is 16.0 Å². The molecule has 1 aromatic carbocycles. The molecule has 0 unspecified atom stereocenters. The molecule has 24 heavy (non-hydrogen) atoms. The van der Waals surface area contributed by atoms with E-state index in [4.69, 9.17) is 16.3 Å². The zero-order valence-corrected chi connectivity index (χ0v) is 15.1. The van der Waals surface area contributed by atoms with Crippen molar-refractivity contribution in [3.8, 4) is 0 Å². The first-order valence-corrected chi connectivity index (χ1v) is 8.45. The molecular formula is C18H24ClNO4. The van der Waals surface area contributed by atoms with Crippen LogP contribution in [0, 0.1) is 5.41 Å². The highest BCUT2D eigenvalue weighted by Gasteiger charge is 2.44. The lowest BCUT2D eigenvalue weighted by Crippen LogP contribution is -2.52. The minimum absolute atomic E-state index is 0.127. The minimum Gasteiger partial charge on any atom is -0.481 e. The number of halogens is 1. The van der Waals surface area contributed by atoms with Crippen molar-refractivity contribution in [2.24, 2.45) is 5.41 Å². The number of rotatable bonds is 3. The smallest absolute Gasteiger partial charge is 0.410 e. The molecular weight excluding hydrogens is 330 g/mol. The number of piperidine rings is 1. The van der Waals surface area contributed by atoms with E-state index < -0.39 is 23.1 Å². The van der Waals surface area contributed by atoms with Gasteiger partial charge in [0.15, 0.2) is 0 Å². The summed E-state index contributed by atoms with van der Waals surface area (Å²) in [6.45, 7) is 6.02. The van der Waals surface area contributed by atoms with Crippen molar-refractivity contribution in [2.75, 3.05) is 13.1 Å². The molecule has 0 bridgehead atoms. The van der Waals surface area contributed by atoms with Crippen LogP contribution in [0.5, 0.6) is 0 Å². The summed E-state index contributed by atoms with van der Waals surface area (Å²) >= 11 is 6.20. The number of nitrogens with zero attached hydrogens (tertiary/aromatic N) is 1. The highest BCUT2D eigenvalue weighted by Crippen LogP contribution is 2.36. The van der Waals surface area contributed by atoms with Crippen LogP contribution in [0.1, 0.15) is 39.2 Å². The number of carbonyl (C=O) groups is 2. The van der Waals surface area contributed by atoms with Gasteiger partial charge in [-0.05, 0) is 51.7 Å². The highest BCUT2D eigenvalue weighted by atomic mass is 35.5. The number of hydrogen-bond donors (Lipinski definition) is 1. The average molecular weight is 354 g/mol. The second-order valence-electron chi connectivity index (χ2n) is 7.36. The van der Waals surface area contributed by atoms with E-state index in [1.54, 1.807) is 26.8 Å². The van der Waals surface area contributed by atoms with Crippen molar-refractivity contribution in [3.63, 3.8) is 0 Å². The van der Waals surface area contributed by atoms with Gasteiger partial charge >= 0.3 is 12.1 Å². The SMILES string of the molecule is CC(C)(C)OC(=O)N1CCC[C@](Cc2ccccc2Cl)(C(=O)O)C1. The Morgan fingerprint density at radius 2 is 2.00 bits per heavy atom. The number of likely N-dealkylation sites (tertiary alicyclic amines) is 1. The molecule has 132 valence electrons. The largest absolute Gasteiger partial charge is 0.481 e. The van der Waals surface area contributed by atoms with Crippen LogP contribution in [0.3, 0.4) is 0 Å². The Balaban J connectivity index is 2.21. The van der Waals surface area contributed by atoms with Crippen molar-refractivity contribution in [3.05, 3.63) is 34.9 Å². The van der Waals surface area contributed by atoms with Crippen molar-refractivity contribution >= 4 is 23.7 Å². The number of carboxylic acid groups (broad SMARTS) is 1. The Labute approximate surface area is 147 Å². The fourth-order valence-electron chi connectivity index (χ4n) is 3.01. The Hall–Kier alpha value is -1.75. The summed E-state index contributed by atoms with van der Waals surface area (Å²) in [6, 6.07) is 7.23. The molecule has 1 aliphatic heterocycles. The van der Waals surface area contributed by atoms with Crippen LogP contribution in [-0.4, -0.2) is 40.8 Å². The van der Waals surface area contributed by atoms with E-state index in [-0.39, 0.29) is 6.54 Å². The van der Waals surface area contributed by atoms with E-state index in [9.17, 15) is 14.7 Å². The highest BCUT2D eigenvalue weighted by molar-refractivity contribution is 6.31. The third-order valence-electron chi connectivity index (χ3n) is 4.17. The Morgan fingerprint density at radius 1 is 1.33 bits per heavy atom. The van der Waals surface area contributed by atoms with Crippen molar-refractivity contribution in [2.45, 2.75) is 45.6 Å². The number of carboxylic acids is 1. The van der Waals surface area contributed by atoms with Crippen molar-refractivity contribution in [1.29, 1.82) is 0 Å². The molecule has 1 fully saturated rings. The molecule has 6 heteroatoms. The van der Waals surface area contributed by atoms with Gasteiger partial charge < -0.3 is 14.7 Å². The zero-order chi connectivity index (χ0) is 18.0. The quantitative estimate of drug-likeness (QED) is 0.892. The van der Waals surface area contributed by atoms with E-state index in [2.05, 4.69) is 0 Å². The Bertz CT molecular complexity index is 626. The summed E-state index contributed by atoms with van der Waals surface area (Å²) in [7, 11) is 0. The maximum Gasteiger partial charge on any atom is 0.410 e. The number of ether oxygens (including phenoxy) is 1. The van der Waals surface area contributed by atoms with Crippen molar-refractivity contribution in [1.82, 2.24) is 4.90 Å². The lowest BCUT2D eigenvalue weighted by molar-refractivity contribution is -0.152. The number of amides is 1. The molecule has 0 saturated carbocycles. The van der Waals surface area contributed by atoms with Crippen LogP contribution in [0.4, 0.5) is 4.79 Å². The second-order valence-corrected chi connectivity index (χ2v) is 7.77. The Kier molecular flexibility index (Phi) is 5.43. The van der Waals surface area contributed by atoms with Gasteiger partial charge in [0.05, 0.1) is 5.41 Å². The summed E-state index contributed by atoms with van der Waals surface area (Å²) in [5, 5.41) is 10.4. The summed E-state index contributed by atoms with van der Waals surface area (Å²) in [5.41, 5.74) is -0.865. The molecule has 0 aliphatic carbocycles. The molecule has 1 aliphatic rings. The minimum atomic E-state index is -1.04. The zero-order valence-electron chi connectivity index (χ0n) is 14.3. The lowest BCUT2D eigenvalue weighted by atomic mass is 9.75. The number of carbonyl (C=O) groups excluding carboxylic acids is 1. The fourth-order valence-corrected chi connectivity index (χ4v) is 3.22. The van der Waals surface area contributed by atoms with E-state index >= 15 is 0 Å². The van der Waals surface area contributed by atoms with Gasteiger partial charge in [0.25, 0.3) is 0 Å². The predicted octanol–water partition coefficient (Wildman–Crippen LogP) is 3.98. The average Bonchev–Trinajstić information content (AvgIpc) is 2.48. The number of benzene rings is 1. The van der Waals surface area contributed by atoms with Gasteiger partial charge in [-0.25, -0.2) is 4.79 Å². The van der Waals surface area contributed by atoms with Crippen molar-refractivity contribution < 1.29 is 19.4 Å². The van der Waals surface area contributed by atoms with Gasteiger partial charge in [-0.3, -0.25) is 4.79 Å². The second kappa shape index (κ2) is 7.01. The molecule has 1 aromatic rings. The molecule has 1 N–H and O–H groups in total. The Morgan fingerprint density at radius 3 is 2.58 bits per heavy atom. The normalized spacial score (nSPS) is 21.4. The molecule has 1 heterocycles. The first kappa shape index (κ1) is 18.6. The topological polar surface area (TPSA) is 66.8 Å². The number of hydrogen-bond acceptors (Lipinski definition) is 3. The van der Waals surface area contributed by atoms with Crippen LogP contribution in [0.15, 0.2) is 24.3 Å². The standard InChI is InChI=1S/C18H24ClNO4/c1-17(2,3)24-16(23)20-10-6-9-18(12-20,15(21)22)11-13-7-4-5-8-14(13)19/h4-5,7-8H,6,9-12H2,1-3H3,(H,21,22)/t18-/m1/s1. The predicted molar refractivity (Wildman–Crippen MR) is 92.3 cm³/mol. The molecule has 1 saturated heterocycles.